The Kier molecular flexibility index (Phi) is 5.75. The van der Waals surface area contributed by atoms with Gasteiger partial charge < -0.3 is 9.64 Å². The van der Waals surface area contributed by atoms with Gasteiger partial charge in [0, 0.05) is 24.5 Å². The van der Waals surface area contributed by atoms with E-state index >= 15 is 0 Å². The van der Waals surface area contributed by atoms with E-state index in [0.717, 1.165) is 11.9 Å². The largest absolute Gasteiger partial charge is 0.377 e. The lowest BCUT2D eigenvalue weighted by atomic mass is 9.83. The van der Waals surface area contributed by atoms with E-state index in [0.29, 0.717) is 17.6 Å². The zero-order valence-corrected chi connectivity index (χ0v) is 12.7. The van der Waals surface area contributed by atoms with Gasteiger partial charge in [0.2, 0.25) is 0 Å². The predicted octanol–water partition coefficient (Wildman–Crippen LogP) is 3.30. The van der Waals surface area contributed by atoms with E-state index in [1.807, 2.05) is 0 Å². The van der Waals surface area contributed by atoms with Gasteiger partial charge in [-0.15, -0.1) is 0 Å². The van der Waals surface area contributed by atoms with E-state index in [1.54, 1.807) is 0 Å². The zero-order valence-electron chi connectivity index (χ0n) is 11.1. The first kappa shape index (κ1) is 14.5. The molecule has 2 unspecified atom stereocenters. The summed E-state index contributed by atoms with van der Waals surface area (Å²) >= 11 is 3.69. The van der Waals surface area contributed by atoms with E-state index < -0.39 is 0 Å². The lowest BCUT2D eigenvalue weighted by Crippen LogP contribution is -2.44. The summed E-state index contributed by atoms with van der Waals surface area (Å²) in [5, 5.41) is 1.10. The van der Waals surface area contributed by atoms with Gasteiger partial charge in [0.05, 0.1) is 6.10 Å². The molecule has 0 aromatic rings. The van der Waals surface area contributed by atoms with Crippen LogP contribution in [0.3, 0.4) is 0 Å². The summed E-state index contributed by atoms with van der Waals surface area (Å²) in [5.74, 6) is 0. The van der Waals surface area contributed by atoms with Crippen molar-refractivity contribution in [2.75, 3.05) is 25.5 Å². The molecule has 2 nitrogen and oxygen atoms in total. The number of hydrogen-bond acceptors (Lipinski definition) is 2. The van der Waals surface area contributed by atoms with Crippen LogP contribution in [-0.4, -0.2) is 42.6 Å². The average Bonchev–Trinajstić information content (AvgIpc) is 2.72. The number of halogens is 1. The molecule has 0 radical (unpaired) electrons. The van der Waals surface area contributed by atoms with Crippen LogP contribution in [0.4, 0.5) is 0 Å². The third-order valence-corrected chi connectivity index (χ3v) is 5.46. The third kappa shape index (κ3) is 3.21. The molecule has 0 N–H and O–H groups in total. The maximum Gasteiger partial charge on any atom is 0.0702 e. The molecular formula is C13H26BrNO. The van der Waals surface area contributed by atoms with Gasteiger partial charge in [-0.05, 0) is 38.6 Å². The number of alkyl halides is 1. The second kappa shape index (κ2) is 6.36. The van der Waals surface area contributed by atoms with Crippen LogP contribution in [0.25, 0.3) is 0 Å². The molecular weight excluding hydrogens is 266 g/mol. The van der Waals surface area contributed by atoms with Crippen molar-refractivity contribution in [1.29, 1.82) is 0 Å². The summed E-state index contributed by atoms with van der Waals surface area (Å²) in [6, 6.07) is 0.608. The lowest BCUT2D eigenvalue weighted by Gasteiger charge is -2.37. The van der Waals surface area contributed by atoms with Gasteiger partial charge in [0.25, 0.3) is 0 Å². The molecule has 0 saturated carbocycles. The highest BCUT2D eigenvalue weighted by molar-refractivity contribution is 9.09. The number of nitrogens with zero attached hydrogens (tertiary/aromatic N) is 1. The molecule has 0 aromatic carbocycles. The summed E-state index contributed by atoms with van der Waals surface area (Å²) in [7, 11) is 2.25. The summed E-state index contributed by atoms with van der Waals surface area (Å²) in [5.41, 5.74) is 0.428. The second-order valence-electron chi connectivity index (χ2n) is 5.19. The molecule has 2 atom stereocenters. The van der Waals surface area contributed by atoms with Crippen LogP contribution in [-0.2, 0) is 4.74 Å². The van der Waals surface area contributed by atoms with Crippen molar-refractivity contribution in [3.63, 3.8) is 0 Å². The third-order valence-electron chi connectivity index (χ3n) is 4.27. The maximum absolute atomic E-state index is 5.65. The molecule has 0 aliphatic carbocycles. The van der Waals surface area contributed by atoms with Crippen molar-refractivity contribution in [1.82, 2.24) is 4.90 Å². The molecule has 1 rings (SSSR count). The highest BCUT2D eigenvalue weighted by Gasteiger charge is 2.33. The number of ether oxygens (including phenoxy) is 1. The Hall–Kier alpha value is 0.400. The van der Waals surface area contributed by atoms with Gasteiger partial charge >= 0.3 is 0 Å². The second-order valence-corrected chi connectivity index (χ2v) is 5.75. The standard InChI is InChI=1S/C13H26BrNO/c1-5-13(6-2,9-14)10-15(4)12-7-8-16-11(12)3/h11-12H,5-10H2,1-4H3. The normalized spacial score (nSPS) is 26.6. The summed E-state index contributed by atoms with van der Waals surface area (Å²) < 4.78 is 5.65. The van der Waals surface area contributed by atoms with Gasteiger partial charge in [-0.2, -0.15) is 0 Å². The van der Waals surface area contributed by atoms with Gasteiger partial charge in [0.1, 0.15) is 0 Å². The average molecular weight is 292 g/mol. The van der Waals surface area contributed by atoms with Crippen LogP contribution in [0.5, 0.6) is 0 Å². The molecule has 1 saturated heterocycles. The molecule has 1 heterocycles. The molecule has 0 amide bonds. The van der Waals surface area contributed by atoms with Crippen molar-refractivity contribution >= 4 is 15.9 Å². The quantitative estimate of drug-likeness (QED) is 0.697. The fourth-order valence-electron chi connectivity index (χ4n) is 2.65. The molecule has 1 fully saturated rings. The van der Waals surface area contributed by atoms with Crippen LogP contribution in [0.2, 0.25) is 0 Å². The first-order valence-electron chi connectivity index (χ1n) is 6.46. The van der Waals surface area contributed by atoms with Crippen LogP contribution in [0.15, 0.2) is 0 Å². The molecule has 3 heteroatoms. The van der Waals surface area contributed by atoms with Gasteiger partial charge in [-0.1, -0.05) is 29.8 Å². The minimum absolute atomic E-state index is 0.395. The van der Waals surface area contributed by atoms with Gasteiger partial charge in [-0.3, -0.25) is 0 Å². The number of rotatable bonds is 6. The first-order valence-corrected chi connectivity index (χ1v) is 7.58. The van der Waals surface area contributed by atoms with Gasteiger partial charge in [0.15, 0.2) is 0 Å². The first-order chi connectivity index (χ1) is 7.58. The maximum atomic E-state index is 5.65. The van der Waals surface area contributed by atoms with E-state index in [-0.39, 0.29) is 0 Å². The topological polar surface area (TPSA) is 12.5 Å². The number of likely N-dealkylation sites (N-methyl/N-ethyl adjacent to an activating group) is 1. The molecule has 0 spiro atoms. The van der Waals surface area contributed by atoms with E-state index in [2.05, 4.69) is 48.6 Å². The van der Waals surface area contributed by atoms with Crippen molar-refractivity contribution in [2.24, 2.45) is 5.41 Å². The molecule has 0 bridgehead atoms. The van der Waals surface area contributed by atoms with Gasteiger partial charge in [-0.25, -0.2) is 0 Å². The zero-order chi connectivity index (χ0) is 12.2. The Morgan fingerprint density at radius 2 is 2.00 bits per heavy atom. The molecule has 16 heavy (non-hydrogen) atoms. The van der Waals surface area contributed by atoms with Crippen molar-refractivity contribution < 1.29 is 4.74 Å². The highest BCUT2D eigenvalue weighted by atomic mass is 79.9. The van der Waals surface area contributed by atoms with Crippen molar-refractivity contribution in [2.45, 2.75) is 52.2 Å². The van der Waals surface area contributed by atoms with Crippen LogP contribution < -0.4 is 0 Å². The Labute approximate surface area is 109 Å². The Morgan fingerprint density at radius 1 is 1.38 bits per heavy atom. The smallest absolute Gasteiger partial charge is 0.0702 e. The fourth-order valence-corrected chi connectivity index (χ4v) is 3.62. The Bertz CT molecular complexity index is 198. The van der Waals surface area contributed by atoms with Crippen LogP contribution in [0, 0.1) is 5.41 Å². The Morgan fingerprint density at radius 3 is 2.38 bits per heavy atom. The minimum Gasteiger partial charge on any atom is -0.377 e. The van der Waals surface area contributed by atoms with Crippen LogP contribution >= 0.6 is 15.9 Å². The van der Waals surface area contributed by atoms with Crippen molar-refractivity contribution in [3.8, 4) is 0 Å². The summed E-state index contributed by atoms with van der Waals surface area (Å²) in [6.07, 6.45) is 4.05. The van der Waals surface area contributed by atoms with Crippen LogP contribution in [0.1, 0.15) is 40.0 Å². The molecule has 0 aromatic heterocycles. The van der Waals surface area contributed by atoms with Crippen molar-refractivity contribution in [3.05, 3.63) is 0 Å². The van der Waals surface area contributed by atoms with E-state index in [4.69, 9.17) is 4.74 Å². The van der Waals surface area contributed by atoms with E-state index in [9.17, 15) is 0 Å². The molecule has 1 aliphatic heterocycles. The predicted molar refractivity (Wildman–Crippen MR) is 73.3 cm³/mol. The minimum atomic E-state index is 0.395. The fraction of sp³-hybridized carbons (Fsp3) is 1.00. The molecule has 1 aliphatic rings. The summed E-state index contributed by atoms with van der Waals surface area (Å²) in [4.78, 5) is 2.51. The summed E-state index contributed by atoms with van der Waals surface area (Å²) in [6.45, 7) is 8.89. The number of hydrogen-bond donors (Lipinski definition) is 0. The lowest BCUT2D eigenvalue weighted by molar-refractivity contribution is 0.0657. The molecule has 96 valence electrons. The van der Waals surface area contributed by atoms with E-state index in [1.165, 1.54) is 25.8 Å². The Balaban J connectivity index is 2.57. The monoisotopic (exact) mass is 291 g/mol. The highest BCUT2D eigenvalue weighted by Crippen LogP contribution is 2.31. The SMILES string of the molecule is CCC(CC)(CBr)CN(C)C1CCOC1C.